The Kier molecular flexibility index (Phi) is 4.99. The number of hydrogen-bond acceptors (Lipinski definition) is 7. The van der Waals surface area contributed by atoms with E-state index in [0.717, 1.165) is 0 Å². The lowest BCUT2D eigenvalue weighted by Crippen LogP contribution is -2.35. The molecule has 0 aliphatic heterocycles. The molecule has 2 rings (SSSR count). The van der Waals surface area contributed by atoms with Crippen LogP contribution in [-0.2, 0) is 19.1 Å². The molecule has 1 aliphatic rings. The van der Waals surface area contributed by atoms with Gasteiger partial charge in [-0.05, 0) is 19.9 Å². The van der Waals surface area contributed by atoms with Crippen molar-refractivity contribution in [3.63, 3.8) is 0 Å². The van der Waals surface area contributed by atoms with Crippen LogP contribution in [0.3, 0.4) is 0 Å². The van der Waals surface area contributed by atoms with E-state index in [1.54, 1.807) is 38.1 Å². The van der Waals surface area contributed by atoms with Gasteiger partial charge in [-0.2, -0.15) is 10.5 Å². The van der Waals surface area contributed by atoms with E-state index in [1.165, 1.54) is 7.11 Å². The van der Waals surface area contributed by atoms with Gasteiger partial charge in [0.25, 0.3) is 0 Å². The summed E-state index contributed by atoms with van der Waals surface area (Å²) in [6.45, 7) is 3.17. The molecule has 1 fully saturated rings. The fraction of sp³-hybridized carbons (Fsp3) is 0.444. The van der Waals surface area contributed by atoms with Crippen LogP contribution in [0.15, 0.2) is 24.3 Å². The van der Waals surface area contributed by atoms with Crippen molar-refractivity contribution in [1.29, 1.82) is 10.5 Å². The molecule has 7 nitrogen and oxygen atoms in total. The van der Waals surface area contributed by atoms with Gasteiger partial charge in [0.05, 0.1) is 38.4 Å². The van der Waals surface area contributed by atoms with Crippen molar-refractivity contribution < 1.29 is 23.8 Å². The van der Waals surface area contributed by atoms with Crippen molar-refractivity contribution in [3.05, 3.63) is 29.8 Å². The van der Waals surface area contributed by atoms with Crippen LogP contribution >= 0.6 is 0 Å². The largest absolute Gasteiger partial charge is 0.496 e. The molecule has 1 atom stereocenters. The molecule has 0 spiro atoms. The standard InChI is InChI=1S/C18H18N2O5/c1-4-24-15(21)18(16(22)25-5-2)14(17(18,10-19)11-20)12-8-6-7-9-13(12)23-3/h6-9,14H,4-5H2,1-3H3. The molecule has 1 saturated carbocycles. The van der Waals surface area contributed by atoms with Crippen molar-refractivity contribution >= 4 is 11.9 Å². The van der Waals surface area contributed by atoms with E-state index >= 15 is 0 Å². The minimum atomic E-state index is -2.03. The highest BCUT2D eigenvalue weighted by Crippen LogP contribution is 2.75. The molecule has 0 aromatic heterocycles. The third-order valence-electron chi connectivity index (χ3n) is 4.40. The van der Waals surface area contributed by atoms with E-state index in [4.69, 9.17) is 14.2 Å². The van der Waals surface area contributed by atoms with Crippen molar-refractivity contribution in [2.45, 2.75) is 19.8 Å². The number of para-hydroxylation sites is 1. The number of nitriles is 2. The molecule has 1 aliphatic carbocycles. The second-order valence-electron chi connectivity index (χ2n) is 5.46. The highest BCUT2D eigenvalue weighted by molar-refractivity contribution is 6.09. The highest BCUT2D eigenvalue weighted by atomic mass is 16.6. The first-order chi connectivity index (χ1) is 12.0. The summed E-state index contributed by atoms with van der Waals surface area (Å²) in [6.07, 6.45) is 0. The first-order valence-electron chi connectivity index (χ1n) is 7.81. The Morgan fingerprint density at radius 2 is 1.60 bits per heavy atom. The Morgan fingerprint density at radius 1 is 1.08 bits per heavy atom. The Hall–Kier alpha value is -3.06. The van der Waals surface area contributed by atoms with Crippen molar-refractivity contribution in [1.82, 2.24) is 0 Å². The fourth-order valence-electron chi connectivity index (χ4n) is 3.31. The van der Waals surface area contributed by atoms with Gasteiger partial charge in [-0.3, -0.25) is 9.59 Å². The predicted molar refractivity (Wildman–Crippen MR) is 85.1 cm³/mol. The van der Waals surface area contributed by atoms with Gasteiger partial charge in [-0.1, -0.05) is 18.2 Å². The number of benzene rings is 1. The average molecular weight is 342 g/mol. The second-order valence-corrected chi connectivity index (χ2v) is 5.46. The quantitative estimate of drug-likeness (QED) is 0.574. The summed E-state index contributed by atoms with van der Waals surface area (Å²) < 4.78 is 15.4. The van der Waals surface area contributed by atoms with Crippen LogP contribution in [0.25, 0.3) is 0 Å². The van der Waals surface area contributed by atoms with E-state index in [9.17, 15) is 20.1 Å². The molecule has 1 unspecified atom stereocenters. The normalized spacial score (nSPS) is 19.0. The molecule has 0 heterocycles. The lowest BCUT2D eigenvalue weighted by molar-refractivity contribution is -0.165. The fourth-order valence-corrected chi connectivity index (χ4v) is 3.31. The molecule has 0 amide bonds. The number of methoxy groups -OCH3 is 1. The number of nitrogens with zero attached hydrogens (tertiary/aromatic N) is 2. The minimum Gasteiger partial charge on any atom is -0.496 e. The minimum absolute atomic E-state index is 0.00553. The van der Waals surface area contributed by atoms with Gasteiger partial charge in [0.1, 0.15) is 5.75 Å². The predicted octanol–water partition coefficient (Wildman–Crippen LogP) is 1.94. The van der Waals surface area contributed by atoms with E-state index in [0.29, 0.717) is 11.3 Å². The van der Waals surface area contributed by atoms with Crippen LogP contribution in [0.5, 0.6) is 5.75 Å². The summed E-state index contributed by atoms with van der Waals surface area (Å²) in [5.74, 6) is -2.54. The number of esters is 2. The van der Waals surface area contributed by atoms with E-state index < -0.39 is 28.7 Å². The van der Waals surface area contributed by atoms with Gasteiger partial charge < -0.3 is 14.2 Å². The van der Waals surface area contributed by atoms with Gasteiger partial charge >= 0.3 is 11.9 Å². The van der Waals surface area contributed by atoms with E-state index in [1.807, 2.05) is 12.1 Å². The molecule has 0 bridgehead atoms. The van der Waals surface area contributed by atoms with Crippen LogP contribution in [0.1, 0.15) is 25.3 Å². The maximum atomic E-state index is 12.7. The summed E-state index contributed by atoms with van der Waals surface area (Å²) in [5.41, 5.74) is -3.54. The van der Waals surface area contributed by atoms with Crippen LogP contribution in [-0.4, -0.2) is 32.3 Å². The summed E-state index contributed by atoms with van der Waals surface area (Å²) in [6, 6.07) is 10.3. The molecule has 0 N–H and O–H groups in total. The van der Waals surface area contributed by atoms with Crippen molar-refractivity contribution in [3.8, 4) is 17.9 Å². The number of rotatable bonds is 6. The lowest BCUT2D eigenvalue weighted by Gasteiger charge is -2.15. The Morgan fingerprint density at radius 3 is 2.04 bits per heavy atom. The second kappa shape index (κ2) is 6.82. The molecule has 0 saturated heterocycles. The van der Waals surface area contributed by atoms with Crippen LogP contribution in [0.4, 0.5) is 0 Å². The summed E-state index contributed by atoms with van der Waals surface area (Å²) in [7, 11) is 1.43. The third kappa shape index (κ3) is 2.32. The van der Waals surface area contributed by atoms with Crippen molar-refractivity contribution in [2.24, 2.45) is 10.8 Å². The van der Waals surface area contributed by atoms with Gasteiger partial charge in [-0.15, -0.1) is 0 Å². The Balaban J connectivity index is 2.72. The number of hydrogen-bond donors (Lipinski definition) is 0. The first kappa shape index (κ1) is 18.3. The molecule has 1 aromatic carbocycles. The summed E-state index contributed by atoms with van der Waals surface area (Å²) in [4.78, 5) is 25.4. The van der Waals surface area contributed by atoms with Gasteiger partial charge in [0, 0.05) is 5.56 Å². The highest BCUT2D eigenvalue weighted by Gasteiger charge is 2.89. The zero-order chi connectivity index (χ0) is 18.7. The van der Waals surface area contributed by atoms with Crippen molar-refractivity contribution in [2.75, 3.05) is 20.3 Å². The Labute approximate surface area is 145 Å². The topological polar surface area (TPSA) is 109 Å². The van der Waals surface area contributed by atoms with E-state index in [2.05, 4.69) is 0 Å². The maximum absolute atomic E-state index is 12.7. The molecule has 25 heavy (non-hydrogen) atoms. The number of ether oxygens (including phenoxy) is 3. The molecule has 7 heteroatoms. The third-order valence-corrected chi connectivity index (χ3v) is 4.40. The zero-order valence-corrected chi connectivity index (χ0v) is 14.2. The number of carbonyl (C=O) groups excluding carboxylic acids is 2. The molecule has 130 valence electrons. The van der Waals surface area contributed by atoms with E-state index in [-0.39, 0.29) is 13.2 Å². The molecule has 1 aromatic rings. The first-order valence-corrected chi connectivity index (χ1v) is 7.81. The summed E-state index contributed by atoms with van der Waals surface area (Å²) in [5, 5.41) is 19.4. The monoisotopic (exact) mass is 342 g/mol. The van der Waals surface area contributed by atoms with Gasteiger partial charge in [-0.25, -0.2) is 0 Å². The smallest absolute Gasteiger partial charge is 0.327 e. The van der Waals surface area contributed by atoms with Crippen LogP contribution in [0, 0.1) is 33.5 Å². The van der Waals surface area contributed by atoms with Crippen LogP contribution in [0.2, 0.25) is 0 Å². The molecular formula is C18H18N2O5. The maximum Gasteiger partial charge on any atom is 0.327 e. The molecule has 0 radical (unpaired) electrons. The summed E-state index contributed by atoms with van der Waals surface area (Å²) >= 11 is 0. The SMILES string of the molecule is CCOC(=O)C1(C(=O)OCC)C(c2ccccc2OC)C1(C#N)C#N. The zero-order valence-electron chi connectivity index (χ0n) is 14.2. The number of carbonyl (C=O) groups is 2. The molecular weight excluding hydrogens is 324 g/mol. The van der Waals surface area contributed by atoms with Gasteiger partial charge in [0.2, 0.25) is 5.41 Å². The lowest BCUT2D eigenvalue weighted by atomic mass is 9.95. The van der Waals surface area contributed by atoms with Crippen LogP contribution < -0.4 is 4.74 Å². The average Bonchev–Trinajstić information content (AvgIpc) is 3.26. The van der Waals surface area contributed by atoms with Gasteiger partial charge in [0.15, 0.2) is 5.41 Å². The Bertz CT molecular complexity index is 742.